The monoisotopic (exact) mass is 368 g/mol. The third kappa shape index (κ3) is 4.78. The number of hydrogen-bond donors (Lipinski definition) is 1. The molecule has 2 aliphatic rings. The number of ether oxygens (including phenoxy) is 1. The molecule has 1 aromatic heterocycles. The fourth-order valence-corrected chi connectivity index (χ4v) is 4.81. The first-order valence-electron chi connectivity index (χ1n) is 10.3. The number of methoxy groups -OCH3 is 1. The molecule has 0 bridgehead atoms. The third-order valence-corrected chi connectivity index (χ3v) is 6.18. The minimum atomic E-state index is 0.699. The summed E-state index contributed by atoms with van der Waals surface area (Å²) in [6.07, 6.45) is 6.95. The largest absolute Gasteiger partial charge is 0.383 e. The molecule has 1 saturated heterocycles. The van der Waals surface area contributed by atoms with E-state index >= 15 is 0 Å². The average molecular weight is 369 g/mol. The lowest BCUT2D eigenvalue weighted by molar-refractivity contribution is 0.0839. The number of benzene rings is 1. The molecule has 1 aliphatic heterocycles. The van der Waals surface area contributed by atoms with Gasteiger partial charge in [0.15, 0.2) is 0 Å². The normalized spacial score (nSPS) is 21.0. The van der Waals surface area contributed by atoms with Gasteiger partial charge in [-0.2, -0.15) is 5.10 Å². The van der Waals surface area contributed by atoms with Gasteiger partial charge in [-0.3, -0.25) is 14.9 Å². The molecule has 27 heavy (non-hydrogen) atoms. The van der Waals surface area contributed by atoms with Crippen LogP contribution < -0.4 is 0 Å². The molecule has 5 heteroatoms. The smallest absolute Gasteiger partial charge is 0.0589 e. The zero-order valence-electron chi connectivity index (χ0n) is 16.4. The minimum Gasteiger partial charge on any atom is -0.383 e. The first-order chi connectivity index (χ1) is 13.3. The van der Waals surface area contributed by atoms with E-state index in [1.165, 1.54) is 44.5 Å². The predicted octanol–water partition coefficient (Wildman–Crippen LogP) is 2.74. The first-order valence-corrected chi connectivity index (χ1v) is 10.3. The maximum absolute atomic E-state index is 5.34. The predicted molar refractivity (Wildman–Crippen MR) is 108 cm³/mol. The van der Waals surface area contributed by atoms with Gasteiger partial charge in [0.1, 0.15) is 0 Å². The van der Waals surface area contributed by atoms with Crippen molar-refractivity contribution in [1.29, 1.82) is 0 Å². The van der Waals surface area contributed by atoms with Crippen LogP contribution >= 0.6 is 0 Å². The van der Waals surface area contributed by atoms with Crippen LogP contribution in [-0.2, 0) is 24.1 Å². The Hall–Kier alpha value is -1.69. The summed E-state index contributed by atoms with van der Waals surface area (Å²) in [6.45, 7) is 6.30. The molecule has 1 atom stereocenters. The molecule has 1 aromatic carbocycles. The molecule has 1 fully saturated rings. The van der Waals surface area contributed by atoms with Crippen LogP contribution in [0.5, 0.6) is 0 Å². The number of H-pyrrole nitrogens is 1. The Bertz CT molecular complexity index is 677. The fraction of sp³-hybridized carbons (Fsp3) is 0.591. The van der Waals surface area contributed by atoms with Gasteiger partial charge < -0.3 is 4.74 Å². The molecule has 0 radical (unpaired) electrons. The van der Waals surface area contributed by atoms with E-state index in [-0.39, 0.29) is 0 Å². The second-order valence-electron chi connectivity index (χ2n) is 8.14. The summed E-state index contributed by atoms with van der Waals surface area (Å²) < 4.78 is 5.34. The van der Waals surface area contributed by atoms with E-state index in [1.807, 2.05) is 6.20 Å². The van der Waals surface area contributed by atoms with Crippen LogP contribution in [0, 0.1) is 5.92 Å². The second kappa shape index (κ2) is 9.00. The van der Waals surface area contributed by atoms with Gasteiger partial charge in [0.25, 0.3) is 0 Å². The number of aromatic amines is 1. The summed E-state index contributed by atoms with van der Waals surface area (Å²) >= 11 is 0. The van der Waals surface area contributed by atoms with E-state index in [2.05, 4.69) is 50.3 Å². The molecular formula is C22H32N4O. The number of nitrogens with one attached hydrogen (secondary N) is 1. The van der Waals surface area contributed by atoms with E-state index < -0.39 is 0 Å². The quantitative estimate of drug-likeness (QED) is 0.778. The molecular weight excluding hydrogens is 336 g/mol. The first kappa shape index (κ1) is 18.7. The SMILES string of the molecule is COCCN(Cc1ccn[nH]1)C[C@H]1CCCN(C2Cc3ccccc3C2)C1. The van der Waals surface area contributed by atoms with Gasteiger partial charge in [0.05, 0.1) is 6.61 Å². The minimum absolute atomic E-state index is 0.699. The zero-order valence-corrected chi connectivity index (χ0v) is 16.4. The molecule has 0 unspecified atom stereocenters. The maximum atomic E-state index is 5.34. The van der Waals surface area contributed by atoms with Crippen molar-refractivity contribution in [2.75, 3.05) is 39.9 Å². The number of piperidine rings is 1. The third-order valence-electron chi connectivity index (χ3n) is 6.18. The topological polar surface area (TPSA) is 44.4 Å². The highest BCUT2D eigenvalue weighted by Gasteiger charge is 2.31. The molecule has 2 heterocycles. The van der Waals surface area contributed by atoms with Crippen molar-refractivity contribution in [2.24, 2.45) is 5.92 Å². The molecule has 0 spiro atoms. The van der Waals surface area contributed by atoms with Gasteiger partial charge >= 0.3 is 0 Å². The lowest BCUT2D eigenvalue weighted by Crippen LogP contribution is -2.46. The maximum Gasteiger partial charge on any atom is 0.0589 e. The average Bonchev–Trinajstić information content (AvgIpc) is 3.35. The van der Waals surface area contributed by atoms with Crippen molar-refractivity contribution in [1.82, 2.24) is 20.0 Å². The fourth-order valence-electron chi connectivity index (χ4n) is 4.81. The number of hydrogen-bond acceptors (Lipinski definition) is 4. The van der Waals surface area contributed by atoms with Crippen LogP contribution in [0.3, 0.4) is 0 Å². The summed E-state index contributed by atoms with van der Waals surface area (Å²) in [6, 6.07) is 11.8. The molecule has 5 nitrogen and oxygen atoms in total. The van der Waals surface area contributed by atoms with Crippen LogP contribution in [0.1, 0.15) is 29.7 Å². The van der Waals surface area contributed by atoms with E-state index in [0.717, 1.165) is 32.2 Å². The van der Waals surface area contributed by atoms with E-state index in [4.69, 9.17) is 4.74 Å². The van der Waals surface area contributed by atoms with Gasteiger partial charge in [-0.25, -0.2) is 0 Å². The van der Waals surface area contributed by atoms with Gasteiger partial charge in [-0.15, -0.1) is 0 Å². The lowest BCUT2D eigenvalue weighted by atomic mass is 9.95. The summed E-state index contributed by atoms with van der Waals surface area (Å²) in [5.74, 6) is 0.738. The standard InChI is InChI=1S/C22H32N4O/c1-27-12-11-25(17-21-8-9-23-24-21)15-18-5-4-10-26(16-18)22-13-19-6-2-3-7-20(19)14-22/h2-3,6-9,18,22H,4-5,10-17H2,1H3,(H,23,24)/t18-/m1/s1. The number of aromatic nitrogens is 2. The molecule has 1 aliphatic carbocycles. The highest BCUT2D eigenvalue weighted by Crippen LogP contribution is 2.29. The Labute approximate surface area is 162 Å². The lowest BCUT2D eigenvalue weighted by Gasteiger charge is -2.38. The number of likely N-dealkylation sites (tertiary alicyclic amines) is 1. The molecule has 1 N–H and O–H groups in total. The second-order valence-corrected chi connectivity index (χ2v) is 8.14. The van der Waals surface area contributed by atoms with Crippen molar-refractivity contribution < 1.29 is 4.74 Å². The number of fused-ring (bicyclic) bond motifs is 1. The Morgan fingerprint density at radius 1 is 1.22 bits per heavy atom. The van der Waals surface area contributed by atoms with Crippen molar-refractivity contribution in [3.05, 3.63) is 53.3 Å². The Kier molecular flexibility index (Phi) is 6.22. The highest BCUT2D eigenvalue weighted by atomic mass is 16.5. The van der Waals surface area contributed by atoms with Crippen LogP contribution in [0.2, 0.25) is 0 Å². The zero-order chi connectivity index (χ0) is 18.5. The van der Waals surface area contributed by atoms with Crippen molar-refractivity contribution in [2.45, 2.75) is 38.3 Å². The van der Waals surface area contributed by atoms with Gasteiger partial charge in [0.2, 0.25) is 0 Å². The van der Waals surface area contributed by atoms with Gasteiger partial charge in [-0.1, -0.05) is 24.3 Å². The summed E-state index contributed by atoms with van der Waals surface area (Å²) in [7, 11) is 1.79. The van der Waals surface area contributed by atoms with Crippen LogP contribution in [0.15, 0.2) is 36.5 Å². The number of nitrogens with zero attached hydrogens (tertiary/aromatic N) is 3. The highest BCUT2D eigenvalue weighted by molar-refractivity contribution is 5.33. The van der Waals surface area contributed by atoms with Crippen molar-refractivity contribution in [3.8, 4) is 0 Å². The van der Waals surface area contributed by atoms with E-state index in [1.54, 1.807) is 18.2 Å². The Morgan fingerprint density at radius 2 is 2.04 bits per heavy atom. The van der Waals surface area contributed by atoms with E-state index in [9.17, 15) is 0 Å². The van der Waals surface area contributed by atoms with Gasteiger partial charge in [-0.05, 0) is 55.3 Å². The van der Waals surface area contributed by atoms with Crippen molar-refractivity contribution >= 4 is 0 Å². The summed E-state index contributed by atoms with van der Waals surface area (Å²) in [4.78, 5) is 5.29. The van der Waals surface area contributed by atoms with E-state index in [0.29, 0.717) is 6.04 Å². The molecule has 0 amide bonds. The molecule has 0 saturated carbocycles. The molecule has 2 aromatic rings. The molecule has 146 valence electrons. The number of rotatable bonds is 8. The van der Waals surface area contributed by atoms with Gasteiger partial charge in [0, 0.05) is 51.2 Å². The van der Waals surface area contributed by atoms with Crippen LogP contribution in [0.25, 0.3) is 0 Å². The summed E-state index contributed by atoms with van der Waals surface area (Å²) in [5.41, 5.74) is 4.31. The van der Waals surface area contributed by atoms with Crippen molar-refractivity contribution in [3.63, 3.8) is 0 Å². The van der Waals surface area contributed by atoms with Crippen LogP contribution in [0.4, 0.5) is 0 Å². The van der Waals surface area contributed by atoms with Crippen LogP contribution in [-0.4, -0.2) is 65.9 Å². The molecule has 4 rings (SSSR count). The summed E-state index contributed by atoms with van der Waals surface area (Å²) in [5, 5.41) is 7.20. The Balaban J connectivity index is 1.34. The Morgan fingerprint density at radius 3 is 2.74 bits per heavy atom.